The van der Waals surface area contributed by atoms with Gasteiger partial charge >= 0.3 is 0 Å². The van der Waals surface area contributed by atoms with E-state index in [0.29, 0.717) is 0 Å². The third-order valence-electron chi connectivity index (χ3n) is 4.27. The van der Waals surface area contributed by atoms with E-state index in [1.54, 1.807) is 0 Å². The van der Waals surface area contributed by atoms with Gasteiger partial charge in [-0.1, -0.05) is 52.4 Å². The van der Waals surface area contributed by atoms with Crippen LogP contribution in [-0.2, 0) is 4.74 Å². The van der Waals surface area contributed by atoms with Crippen molar-refractivity contribution in [2.45, 2.75) is 90.3 Å². The molecule has 0 aromatic rings. The Morgan fingerprint density at radius 3 is 2.44 bits per heavy atom. The number of aliphatic hydroxyl groups is 1. The molecule has 18 heavy (non-hydrogen) atoms. The first-order valence-corrected chi connectivity index (χ1v) is 8.07. The van der Waals surface area contributed by atoms with Gasteiger partial charge in [-0.2, -0.15) is 0 Å². The van der Waals surface area contributed by atoms with Crippen LogP contribution in [0.2, 0.25) is 0 Å². The smallest absolute Gasteiger partial charge is 0.0836 e. The Kier molecular flexibility index (Phi) is 8.70. The molecule has 1 N–H and O–H groups in total. The fourth-order valence-electron chi connectivity index (χ4n) is 2.86. The number of hydrogen-bond donors (Lipinski definition) is 1. The van der Waals surface area contributed by atoms with Gasteiger partial charge < -0.3 is 9.84 Å². The Morgan fingerprint density at radius 1 is 1.00 bits per heavy atom. The molecule has 3 atom stereocenters. The van der Waals surface area contributed by atoms with Crippen LogP contribution in [-0.4, -0.2) is 23.9 Å². The Balaban J connectivity index is 2.03. The summed E-state index contributed by atoms with van der Waals surface area (Å²) < 4.78 is 5.88. The molecule has 1 saturated carbocycles. The van der Waals surface area contributed by atoms with Crippen molar-refractivity contribution in [3.63, 3.8) is 0 Å². The monoisotopic (exact) mass is 256 g/mol. The summed E-state index contributed by atoms with van der Waals surface area (Å²) in [5, 5.41) is 9.93. The van der Waals surface area contributed by atoms with E-state index in [1.807, 2.05) is 0 Å². The number of hydrogen-bond acceptors (Lipinski definition) is 2. The molecule has 0 radical (unpaired) electrons. The van der Waals surface area contributed by atoms with E-state index in [-0.39, 0.29) is 12.2 Å². The molecule has 1 fully saturated rings. The zero-order valence-corrected chi connectivity index (χ0v) is 12.4. The van der Waals surface area contributed by atoms with Crippen molar-refractivity contribution < 1.29 is 9.84 Å². The third-order valence-corrected chi connectivity index (χ3v) is 4.27. The second kappa shape index (κ2) is 9.80. The molecule has 1 rings (SSSR count). The minimum atomic E-state index is -0.215. The summed E-state index contributed by atoms with van der Waals surface area (Å²) >= 11 is 0. The Labute approximate surface area is 113 Å². The average molecular weight is 256 g/mol. The molecule has 2 nitrogen and oxygen atoms in total. The van der Waals surface area contributed by atoms with E-state index in [4.69, 9.17) is 4.74 Å². The van der Waals surface area contributed by atoms with E-state index in [1.165, 1.54) is 44.9 Å². The zero-order chi connectivity index (χ0) is 13.2. The first kappa shape index (κ1) is 16.0. The minimum absolute atomic E-state index is 0.111. The summed E-state index contributed by atoms with van der Waals surface area (Å²) in [5.41, 5.74) is 0. The lowest BCUT2D eigenvalue weighted by atomic mass is 9.84. The van der Waals surface area contributed by atoms with Crippen LogP contribution in [0.1, 0.15) is 78.1 Å². The van der Waals surface area contributed by atoms with Crippen LogP contribution in [0.4, 0.5) is 0 Å². The van der Waals surface area contributed by atoms with Crippen molar-refractivity contribution in [2.75, 3.05) is 6.61 Å². The van der Waals surface area contributed by atoms with Crippen LogP contribution in [0, 0.1) is 5.92 Å². The molecule has 0 saturated heterocycles. The van der Waals surface area contributed by atoms with Gasteiger partial charge in [-0.3, -0.25) is 0 Å². The molecule has 0 heterocycles. The zero-order valence-electron chi connectivity index (χ0n) is 12.4. The number of aliphatic hydroxyl groups excluding tert-OH is 1. The van der Waals surface area contributed by atoms with Gasteiger partial charge in [0, 0.05) is 6.61 Å². The van der Waals surface area contributed by atoms with Gasteiger partial charge in [0.2, 0.25) is 0 Å². The van der Waals surface area contributed by atoms with Crippen molar-refractivity contribution in [2.24, 2.45) is 5.92 Å². The topological polar surface area (TPSA) is 29.5 Å². The summed E-state index contributed by atoms with van der Waals surface area (Å²) in [4.78, 5) is 0. The Bertz CT molecular complexity index is 194. The molecule has 3 unspecified atom stereocenters. The summed E-state index contributed by atoms with van der Waals surface area (Å²) in [6.07, 6.45) is 12.1. The molecule has 1 aliphatic rings. The van der Waals surface area contributed by atoms with Crippen LogP contribution in [0.25, 0.3) is 0 Å². The highest BCUT2D eigenvalue weighted by Gasteiger charge is 2.28. The number of ether oxygens (including phenoxy) is 1. The normalized spacial score (nSPS) is 28.5. The van der Waals surface area contributed by atoms with Crippen molar-refractivity contribution >= 4 is 0 Å². The second-order valence-electron chi connectivity index (χ2n) is 5.83. The van der Waals surface area contributed by atoms with Crippen molar-refractivity contribution in [3.8, 4) is 0 Å². The highest BCUT2D eigenvalue weighted by molar-refractivity contribution is 4.79. The third kappa shape index (κ3) is 6.19. The number of rotatable bonds is 9. The van der Waals surface area contributed by atoms with Crippen molar-refractivity contribution in [1.82, 2.24) is 0 Å². The van der Waals surface area contributed by atoms with Gasteiger partial charge in [0.15, 0.2) is 0 Å². The van der Waals surface area contributed by atoms with E-state index in [2.05, 4.69) is 13.8 Å². The van der Waals surface area contributed by atoms with Crippen LogP contribution >= 0.6 is 0 Å². The van der Waals surface area contributed by atoms with Gasteiger partial charge in [0.1, 0.15) is 0 Å². The van der Waals surface area contributed by atoms with Crippen LogP contribution < -0.4 is 0 Å². The lowest BCUT2D eigenvalue weighted by Gasteiger charge is -2.32. The van der Waals surface area contributed by atoms with E-state index in [9.17, 15) is 5.11 Å². The summed E-state index contributed by atoms with van der Waals surface area (Å²) in [7, 11) is 0. The Hall–Kier alpha value is -0.0800. The van der Waals surface area contributed by atoms with Gasteiger partial charge in [-0.15, -0.1) is 0 Å². The van der Waals surface area contributed by atoms with Crippen LogP contribution in [0.5, 0.6) is 0 Å². The lowest BCUT2D eigenvalue weighted by molar-refractivity contribution is -0.0724. The van der Waals surface area contributed by atoms with Gasteiger partial charge in [0.25, 0.3) is 0 Å². The number of unbranched alkanes of at least 4 members (excludes halogenated alkanes) is 5. The highest BCUT2D eigenvalue weighted by Crippen LogP contribution is 2.28. The molecule has 1 aliphatic carbocycles. The molecule has 0 amide bonds. The summed E-state index contributed by atoms with van der Waals surface area (Å²) in [5.74, 6) is 0.767. The molecular weight excluding hydrogens is 224 g/mol. The van der Waals surface area contributed by atoms with Gasteiger partial charge in [-0.05, 0) is 31.6 Å². The molecule has 0 bridgehead atoms. The maximum absolute atomic E-state index is 9.93. The van der Waals surface area contributed by atoms with Gasteiger partial charge in [-0.25, -0.2) is 0 Å². The van der Waals surface area contributed by atoms with Crippen LogP contribution in [0.3, 0.4) is 0 Å². The fraction of sp³-hybridized carbons (Fsp3) is 1.00. The second-order valence-corrected chi connectivity index (χ2v) is 5.83. The maximum Gasteiger partial charge on any atom is 0.0836 e. The molecule has 0 aliphatic heterocycles. The summed E-state index contributed by atoms with van der Waals surface area (Å²) in [6.45, 7) is 5.33. The van der Waals surface area contributed by atoms with Gasteiger partial charge in [0.05, 0.1) is 12.2 Å². The standard InChI is InChI=1S/C16H32O2/c1-3-5-6-7-8-9-12-18-16-13-14(4-2)10-11-15(16)17/h14-17H,3-13H2,1-2H3. The molecule has 0 spiro atoms. The quantitative estimate of drug-likeness (QED) is 0.623. The average Bonchev–Trinajstić information content (AvgIpc) is 2.39. The van der Waals surface area contributed by atoms with E-state index in [0.717, 1.165) is 31.8 Å². The minimum Gasteiger partial charge on any atom is -0.390 e. The Morgan fingerprint density at radius 2 is 1.72 bits per heavy atom. The predicted octanol–water partition coefficient (Wildman–Crippen LogP) is 4.30. The van der Waals surface area contributed by atoms with Crippen molar-refractivity contribution in [1.29, 1.82) is 0 Å². The maximum atomic E-state index is 9.93. The SMILES string of the molecule is CCCCCCCCOC1CC(CC)CCC1O. The highest BCUT2D eigenvalue weighted by atomic mass is 16.5. The fourth-order valence-corrected chi connectivity index (χ4v) is 2.86. The first-order valence-electron chi connectivity index (χ1n) is 8.07. The van der Waals surface area contributed by atoms with E-state index < -0.39 is 0 Å². The molecule has 0 aromatic heterocycles. The summed E-state index contributed by atoms with van der Waals surface area (Å²) in [6, 6.07) is 0. The van der Waals surface area contributed by atoms with E-state index >= 15 is 0 Å². The van der Waals surface area contributed by atoms with Crippen LogP contribution in [0.15, 0.2) is 0 Å². The predicted molar refractivity (Wildman–Crippen MR) is 76.8 cm³/mol. The molecule has 0 aromatic carbocycles. The lowest BCUT2D eigenvalue weighted by Crippen LogP contribution is -2.36. The van der Waals surface area contributed by atoms with Crippen molar-refractivity contribution in [3.05, 3.63) is 0 Å². The largest absolute Gasteiger partial charge is 0.390 e. The first-order chi connectivity index (χ1) is 8.77. The molecule has 2 heteroatoms. The molecular formula is C16H32O2. The molecule has 108 valence electrons.